The third-order valence-corrected chi connectivity index (χ3v) is 2.24. The Labute approximate surface area is 91.6 Å². The van der Waals surface area contributed by atoms with Crippen LogP contribution in [0.3, 0.4) is 0 Å². The summed E-state index contributed by atoms with van der Waals surface area (Å²) in [5.74, 6) is 0.583. The lowest BCUT2D eigenvalue weighted by Gasteiger charge is -2.11. The normalized spacial score (nSPS) is 12.9. The fraction of sp³-hybridized carbons (Fsp3) is 0.727. The lowest BCUT2D eigenvalue weighted by atomic mass is 10.2. The van der Waals surface area contributed by atoms with Gasteiger partial charge in [-0.25, -0.2) is 0 Å². The van der Waals surface area contributed by atoms with Crippen LogP contribution in [0.4, 0.5) is 0 Å². The van der Waals surface area contributed by atoms with Crippen LogP contribution in [0.5, 0.6) is 0 Å². The molecule has 0 aliphatic heterocycles. The minimum atomic E-state index is 0.583. The van der Waals surface area contributed by atoms with Gasteiger partial charge in [-0.3, -0.25) is 4.68 Å². The van der Waals surface area contributed by atoms with Crippen molar-refractivity contribution in [3.63, 3.8) is 0 Å². The van der Waals surface area contributed by atoms with Gasteiger partial charge in [-0.1, -0.05) is 6.92 Å². The number of ether oxygens (including phenoxy) is 1. The van der Waals surface area contributed by atoms with Crippen molar-refractivity contribution < 1.29 is 4.74 Å². The highest BCUT2D eigenvalue weighted by molar-refractivity contribution is 4.77. The summed E-state index contributed by atoms with van der Waals surface area (Å²) in [7, 11) is 1.74. The minimum absolute atomic E-state index is 0.583. The van der Waals surface area contributed by atoms with Crippen LogP contribution in [-0.2, 0) is 11.3 Å². The number of hydrogen-bond acceptors (Lipinski definition) is 3. The highest BCUT2D eigenvalue weighted by Crippen LogP contribution is 1.93. The van der Waals surface area contributed by atoms with Gasteiger partial charge >= 0.3 is 0 Å². The standard InChI is InChI=1S/C11H21N3O/c1-11(10-15-2)9-12-5-3-7-14-8-4-6-13-14/h4,6,8,11-12H,3,5,7,9-10H2,1-2H3. The van der Waals surface area contributed by atoms with E-state index in [1.165, 1.54) is 0 Å². The van der Waals surface area contributed by atoms with Crippen molar-refractivity contribution in [1.29, 1.82) is 0 Å². The Kier molecular flexibility index (Phi) is 6.04. The van der Waals surface area contributed by atoms with Gasteiger partial charge in [-0.2, -0.15) is 5.10 Å². The second-order valence-electron chi connectivity index (χ2n) is 3.89. The van der Waals surface area contributed by atoms with Crippen LogP contribution in [0.1, 0.15) is 13.3 Å². The van der Waals surface area contributed by atoms with E-state index in [0.717, 1.165) is 32.7 Å². The fourth-order valence-corrected chi connectivity index (χ4v) is 1.49. The Hall–Kier alpha value is -0.870. The molecule has 0 amide bonds. The van der Waals surface area contributed by atoms with Crippen LogP contribution in [-0.4, -0.2) is 36.6 Å². The van der Waals surface area contributed by atoms with Crippen molar-refractivity contribution in [3.8, 4) is 0 Å². The minimum Gasteiger partial charge on any atom is -0.384 e. The number of nitrogens with zero attached hydrogens (tertiary/aromatic N) is 2. The summed E-state index contributed by atoms with van der Waals surface area (Å²) in [4.78, 5) is 0. The quantitative estimate of drug-likeness (QED) is 0.656. The molecule has 0 aliphatic rings. The monoisotopic (exact) mass is 211 g/mol. The van der Waals surface area contributed by atoms with Crippen LogP contribution in [0.15, 0.2) is 18.5 Å². The second-order valence-corrected chi connectivity index (χ2v) is 3.89. The molecule has 4 nitrogen and oxygen atoms in total. The molecule has 0 fully saturated rings. The zero-order valence-electron chi connectivity index (χ0n) is 9.65. The van der Waals surface area contributed by atoms with Crippen LogP contribution in [0.25, 0.3) is 0 Å². The van der Waals surface area contributed by atoms with Crippen molar-refractivity contribution in [2.75, 3.05) is 26.8 Å². The zero-order valence-corrected chi connectivity index (χ0v) is 9.65. The largest absolute Gasteiger partial charge is 0.384 e. The SMILES string of the molecule is COCC(C)CNCCCn1cccn1. The van der Waals surface area contributed by atoms with Crippen LogP contribution in [0.2, 0.25) is 0 Å². The molecule has 1 heterocycles. The first-order chi connectivity index (χ1) is 7.33. The Balaban J connectivity index is 1.93. The molecule has 1 rings (SSSR count). The van der Waals surface area contributed by atoms with Gasteiger partial charge in [0, 0.05) is 32.7 Å². The molecule has 4 heteroatoms. The van der Waals surface area contributed by atoms with Gasteiger partial charge in [0.05, 0.1) is 0 Å². The third kappa shape index (κ3) is 5.54. The first-order valence-electron chi connectivity index (χ1n) is 5.50. The maximum Gasteiger partial charge on any atom is 0.0499 e. The summed E-state index contributed by atoms with van der Waals surface area (Å²) in [6, 6.07) is 1.95. The Morgan fingerprint density at radius 3 is 3.07 bits per heavy atom. The van der Waals surface area contributed by atoms with E-state index >= 15 is 0 Å². The molecule has 0 bridgehead atoms. The molecule has 0 aromatic carbocycles. The summed E-state index contributed by atoms with van der Waals surface area (Å²) >= 11 is 0. The summed E-state index contributed by atoms with van der Waals surface area (Å²) < 4.78 is 7.02. The molecule has 0 spiro atoms. The first kappa shape index (κ1) is 12.2. The van der Waals surface area contributed by atoms with Crippen LogP contribution in [0, 0.1) is 5.92 Å². The molecular formula is C11H21N3O. The molecule has 0 saturated heterocycles. The van der Waals surface area contributed by atoms with Gasteiger partial charge in [-0.15, -0.1) is 0 Å². The Morgan fingerprint density at radius 2 is 2.40 bits per heavy atom. The van der Waals surface area contributed by atoms with Crippen molar-refractivity contribution in [2.45, 2.75) is 19.9 Å². The maximum atomic E-state index is 5.07. The maximum absolute atomic E-state index is 5.07. The molecular weight excluding hydrogens is 190 g/mol. The van der Waals surface area contributed by atoms with E-state index in [9.17, 15) is 0 Å². The molecule has 0 aliphatic carbocycles. The number of rotatable bonds is 8. The number of aryl methyl sites for hydroxylation is 1. The lowest BCUT2D eigenvalue weighted by Crippen LogP contribution is -2.25. The number of aromatic nitrogens is 2. The van der Waals surface area contributed by atoms with Crippen molar-refractivity contribution in [2.24, 2.45) is 5.92 Å². The van der Waals surface area contributed by atoms with Crippen LogP contribution >= 0.6 is 0 Å². The van der Waals surface area contributed by atoms with Crippen molar-refractivity contribution >= 4 is 0 Å². The zero-order chi connectivity index (χ0) is 10.9. The van der Waals surface area contributed by atoms with E-state index in [-0.39, 0.29) is 0 Å². The predicted molar refractivity (Wildman–Crippen MR) is 60.8 cm³/mol. The lowest BCUT2D eigenvalue weighted by molar-refractivity contribution is 0.158. The molecule has 1 unspecified atom stereocenters. The summed E-state index contributed by atoms with van der Waals surface area (Å²) in [5.41, 5.74) is 0. The molecule has 1 N–H and O–H groups in total. The Morgan fingerprint density at radius 1 is 1.53 bits per heavy atom. The molecule has 15 heavy (non-hydrogen) atoms. The van der Waals surface area contributed by atoms with Crippen LogP contribution < -0.4 is 5.32 Å². The summed E-state index contributed by atoms with van der Waals surface area (Å²) in [6.45, 7) is 6.05. The van der Waals surface area contributed by atoms with Crippen molar-refractivity contribution in [1.82, 2.24) is 15.1 Å². The number of methoxy groups -OCH3 is 1. The topological polar surface area (TPSA) is 39.1 Å². The molecule has 1 aromatic heterocycles. The molecule has 0 saturated carbocycles. The summed E-state index contributed by atoms with van der Waals surface area (Å²) in [5, 5.41) is 7.56. The molecule has 0 radical (unpaired) electrons. The van der Waals surface area contributed by atoms with E-state index in [1.807, 2.05) is 23.1 Å². The highest BCUT2D eigenvalue weighted by atomic mass is 16.5. The molecule has 86 valence electrons. The van der Waals surface area contributed by atoms with Gasteiger partial charge < -0.3 is 10.1 Å². The van der Waals surface area contributed by atoms with E-state index in [0.29, 0.717) is 5.92 Å². The van der Waals surface area contributed by atoms with Gasteiger partial charge in [0.2, 0.25) is 0 Å². The first-order valence-corrected chi connectivity index (χ1v) is 5.50. The van der Waals surface area contributed by atoms with Crippen molar-refractivity contribution in [3.05, 3.63) is 18.5 Å². The number of nitrogens with one attached hydrogen (secondary N) is 1. The predicted octanol–water partition coefficient (Wildman–Crippen LogP) is 1.15. The van der Waals surface area contributed by atoms with E-state index in [2.05, 4.69) is 17.3 Å². The average Bonchev–Trinajstić information content (AvgIpc) is 2.70. The number of hydrogen-bond donors (Lipinski definition) is 1. The second kappa shape index (κ2) is 7.43. The molecule has 1 aromatic rings. The van der Waals surface area contributed by atoms with E-state index in [1.54, 1.807) is 7.11 Å². The van der Waals surface area contributed by atoms with Gasteiger partial charge in [-0.05, 0) is 31.5 Å². The Bertz CT molecular complexity index is 236. The highest BCUT2D eigenvalue weighted by Gasteiger charge is 1.99. The average molecular weight is 211 g/mol. The third-order valence-electron chi connectivity index (χ3n) is 2.24. The fourth-order valence-electron chi connectivity index (χ4n) is 1.49. The van der Waals surface area contributed by atoms with Gasteiger partial charge in [0.25, 0.3) is 0 Å². The van der Waals surface area contributed by atoms with E-state index in [4.69, 9.17) is 4.74 Å². The summed E-state index contributed by atoms with van der Waals surface area (Å²) in [6.07, 6.45) is 4.92. The smallest absolute Gasteiger partial charge is 0.0499 e. The molecule has 1 atom stereocenters. The van der Waals surface area contributed by atoms with E-state index < -0.39 is 0 Å². The van der Waals surface area contributed by atoms with Gasteiger partial charge in [0.1, 0.15) is 0 Å². The van der Waals surface area contributed by atoms with Gasteiger partial charge in [0.15, 0.2) is 0 Å².